The van der Waals surface area contributed by atoms with Crippen LogP contribution in [0.1, 0.15) is 46.4 Å². The molecule has 3 rings (SSSR count). The largest absolute Gasteiger partial charge is 0.425 e. The normalized spacial score (nSPS) is 19.2. The minimum atomic E-state index is -1.19. The first kappa shape index (κ1) is 34.6. The van der Waals surface area contributed by atoms with Gasteiger partial charge in [-0.05, 0) is 6.26 Å². The molecule has 3 N–H and O–H groups in total. The minimum absolute atomic E-state index is 0.0111. The van der Waals surface area contributed by atoms with Crippen LogP contribution in [0.4, 0.5) is 5.13 Å². The Kier molecular flexibility index (Phi) is 12.3. The number of thioether (sulfide) groups is 2. The molecule has 240 valence electrons. The molecule has 0 bridgehead atoms. The molecule has 0 spiro atoms. The maximum atomic E-state index is 13.2. The number of hydrogen-bond donors (Lipinski definition) is 2. The number of β-lactam (4-membered cyclic amide) rings is 1. The SMILES string of the molecule is CCC(=O)OC(C)OC(=O)CO/N=C(/C(=O)NC1C(=O)N2C(C(=O)OC(C)OC(=O)CC)=C(SC)CSC12)c1nsc(N)n1. The zero-order valence-electron chi connectivity index (χ0n) is 24.2. The van der Waals surface area contributed by atoms with E-state index in [9.17, 15) is 28.8 Å². The second-order valence-corrected chi connectivity index (χ2v) is 11.5. The number of nitrogen functional groups attached to an aromatic ring is 1. The fourth-order valence-electron chi connectivity index (χ4n) is 3.62. The second kappa shape index (κ2) is 15.7. The number of carbonyl (C=O) groups is 6. The predicted octanol–water partition coefficient (Wildman–Crippen LogP) is 0.500. The third-order valence-electron chi connectivity index (χ3n) is 5.61. The average molecular weight is 675 g/mol. The summed E-state index contributed by atoms with van der Waals surface area (Å²) in [6, 6.07) is -1.09. The molecular weight excluding hydrogens is 644 g/mol. The average Bonchev–Trinajstić information content (AvgIpc) is 3.41. The summed E-state index contributed by atoms with van der Waals surface area (Å²) in [6.45, 7) is 5.11. The van der Waals surface area contributed by atoms with E-state index in [0.717, 1.165) is 11.5 Å². The Hall–Kier alpha value is -3.91. The van der Waals surface area contributed by atoms with Gasteiger partial charge in [0.25, 0.3) is 11.8 Å². The molecule has 0 aromatic carbocycles. The molecule has 2 aliphatic heterocycles. The number of carbonyl (C=O) groups excluding carboxylic acids is 6. The highest BCUT2D eigenvalue weighted by Gasteiger charge is 2.55. The van der Waals surface area contributed by atoms with Crippen LogP contribution < -0.4 is 11.1 Å². The van der Waals surface area contributed by atoms with Crippen molar-refractivity contribution in [2.45, 2.75) is 64.5 Å². The number of rotatable bonds is 14. The van der Waals surface area contributed by atoms with E-state index in [1.54, 1.807) is 20.1 Å². The summed E-state index contributed by atoms with van der Waals surface area (Å²) in [4.78, 5) is 85.1. The van der Waals surface area contributed by atoms with Crippen LogP contribution in [0.5, 0.6) is 0 Å². The number of hydrogen-bond acceptors (Lipinski definition) is 18. The van der Waals surface area contributed by atoms with Gasteiger partial charge in [-0.3, -0.25) is 24.1 Å². The van der Waals surface area contributed by atoms with Crippen LogP contribution in [0.15, 0.2) is 15.8 Å². The fraction of sp³-hybridized carbons (Fsp3) is 0.542. The van der Waals surface area contributed by atoms with Crippen LogP contribution in [0.2, 0.25) is 0 Å². The van der Waals surface area contributed by atoms with E-state index < -0.39 is 72.0 Å². The van der Waals surface area contributed by atoms with Gasteiger partial charge in [-0.15, -0.1) is 23.5 Å². The first-order valence-electron chi connectivity index (χ1n) is 13.0. The van der Waals surface area contributed by atoms with Crippen LogP contribution in [0.25, 0.3) is 0 Å². The summed E-state index contributed by atoms with van der Waals surface area (Å²) < 4.78 is 23.9. The number of nitrogens with two attached hydrogens (primary N) is 1. The number of fused-ring (bicyclic) bond motifs is 1. The van der Waals surface area contributed by atoms with Gasteiger partial charge in [-0.25, -0.2) is 9.59 Å². The van der Waals surface area contributed by atoms with Crippen molar-refractivity contribution in [2.75, 3.05) is 24.3 Å². The first-order valence-corrected chi connectivity index (χ1v) is 16.1. The van der Waals surface area contributed by atoms with E-state index in [2.05, 4.69) is 19.8 Å². The molecule has 17 nitrogen and oxygen atoms in total. The Morgan fingerprint density at radius 1 is 1.07 bits per heavy atom. The van der Waals surface area contributed by atoms with Crippen molar-refractivity contribution < 1.29 is 52.6 Å². The second-order valence-electron chi connectivity index (χ2n) is 8.72. The quantitative estimate of drug-likeness (QED) is 0.0900. The van der Waals surface area contributed by atoms with Crippen LogP contribution in [0, 0.1) is 0 Å². The summed E-state index contributed by atoms with van der Waals surface area (Å²) in [5, 5.41) is 5.53. The van der Waals surface area contributed by atoms with Gasteiger partial charge in [0.1, 0.15) is 17.1 Å². The van der Waals surface area contributed by atoms with Crippen molar-refractivity contribution in [1.82, 2.24) is 19.6 Å². The molecule has 1 aromatic heterocycles. The molecule has 1 saturated heterocycles. The van der Waals surface area contributed by atoms with Crippen molar-refractivity contribution in [3.05, 3.63) is 16.4 Å². The summed E-state index contributed by atoms with van der Waals surface area (Å²) in [5.74, 6) is -4.39. The number of oxime groups is 1. The van der Waals surface area contributed by atoms with Crippen molar-refractivity contribution >= 4 is 81.6 Å². The Balaban J connectivity index is 1.70. The van der Waals surface area contributed by atoms with E-state index in [-0.39, 0.29) is 29.5 Å². The van der Waals surface area contributed by atoms with Gasteiger partial charge in [0, 0.05) is 48.9 Å². The number of nitrogens with zero attached hydrogens (tertiary/aromatic N) is 4. The van der Waals surface area contributed by atoms with Gasteiger partial charge in [-0.1, -0.05) is 19.0 Å². The highest BCUT2D eigenvalue weighted by molar-refractivity contribution is 8.05. The lowest BCUT2D eigenvalue weighted by molar-refractivity contribution is -0.187. The zero-order valence-corrected chi connectivity index (χ0v) is 26.7. The Bertz CT molecular complexity index is 1370. The number of anilines is 1. The first-order chi connectivity index (χ1) is 20.9. The molecule has 4 unspecified atom stereocenters. The summed E-state index contributed by atoms with van der Waals surface area (Å²) in [7, 11) is 0. The maximum Gasteiger partial charge on any atom is 0.359 e. The standard InChI is InChI=1S/C24H30N6O11S3/c1-6-13(31)38-10(3)40-15(33)8-37-28-16(19-27-24(25)44-29-19)20(34)26-17-21(35)30-18(12(42-5)9-43-22(17)30)23(36)41-11(4)39-14(32)7-2/h10-11,17,22H,6-9H2,1-5H3,(H,26,34)(H2,25,27,29)/b28-16+. The smallest absolute Gasteiger partial charge is 0.359 e. The van der Waals surface area contributed by atoms with Crippen molar-refractivity contribution in [2.24, 2.45) is 5.16 Å². The molecule has 44 heavy (non-hydrogen) atoms. The van der Waals surface area contributed by atoms with E-state index >= 15 is 0 Å². The van der Waals surface area contributed by atoms with Crippen molar-refractivity contribution in [3.63, 3.8) is 0 Å². The Morgan fingerprint density at radius 3 is 2.25 bits per heavy atom. The van der Waals surface area contributed by atoms with Gasteiger partial charge in [0.2, 0.25) is 30.7 Å². The van der Waals surface area contributed by atoms with Crippen LogP contribution in [0.3, 0.4) is 0 Å². The molecule has 2 amide bonds. The highest BCUT2D eigenvalue weighted by atomic mass is 32.2. The van der Waals surface area contributed by atoms with E-state index in [1.165, 1.54) is 42.3 Å². The zero-order chi connectivity index (χ0) is 32.6. The van der Waals surface area contributed by atoms with Crippen molar-refractivity contribution in [1.29, 1.82) is 0 Å². The molecule has 0 radical (unpaired) electrons. The number of amides is 2. The van der Waals surface area contributed by atoms with Gasteiger partial charge >= 0.3 is 23.9 Å². The lowest BCUT2D eigenvalue weighted by atomic mass is 10.0. The predicted molar refractivity (Wildman–Crippen MR) is 156 cm³/mol. The molecule has 0 saturated carbocycles. The molecule has 0 aliphatic carbocycles. The van der Waals surface area contributed by atoms with Gasteiger partial charge in [0.05, 0.1) is 0 Å². The lowest BCUT2D eigenvalue weighted by Crippen LogP contribution is -2.71. The summed E-state index contributed by atoms with van der Waals surface area (Å²) >= 11 is 3.32. The van der Waals surface area contributed by atoms with Crippen LogP contribution >= 0.6 is 35.1 Å². The van der Waals surface area contributed by atoms with E-state index in [1.807, 2.05) is 0 Å². The summed E-state index contributed by atoms with van der Waals surface area (Å²) in [6.07, 6.45) is -0.458. The minimum Gasteiger partial charge on any atom is -0.425 e. The molecule has 20 heteroatoms. The number of esters is 4. The topological polar surface area (TPSA) is 228 Å². The van der Waals surface area contributed by atoms with E-state index in [0.29, 0.717) is 10.7 Å². The molecular formula is C24H30N6O11S3. The van der Waals surface area contributed by atoms with Gasteiger partial charge < -0.3 is 34.8 Å². The maximum absolute atomic E-state index is 13.2. The number of ether oxygens (including phenoxy) is 4. The molecule has 1 fully saturated rings. The van der Waals surface area contributed by atoms with Crippen LogP contribution in [-0.2, 0) is 52.6 Å². The monoisotopic (exact) mass is 674 g/mol. The molecule has 2 aliphatic rings. The lowest BCUT2D eigenvalue weighted by Gasteiger charge is -2.49. The van der Waals surface area contributed by atoms with Gasteiger partial charge in [0.15, 0.2) is 5.13 Å². The third kappa shape index (κ3) is 8.59. The fourth-order valence-corrected chi connectivity index (χ4v) is 6.30. The summed E-state index contributed by atoms with van der Waals surface area (Å²) in [5.41, 5.74) is 5.14. The van der Waals surface area contributed by atoms with Gasteiger partial charge in [-0.2, -0.15) is 9.36 Å². The van der Waals surface area contributed by atoms with E-state index in [4.69, 9.17) is 29.5 Å². The Labute approximate surface area is 263 Å². The van der Waals surface area contributed by atoms with Crippen LogP contribution in [-0.4, -0.2) is 98.3 Å². The molecule has 4 atom stereocenters. The Morgan fingerprint density at radius 2 is 1.68 bits per heavy atom. The molecule has 1 aromatic rings. The number of nitrogens with one attached hydrogen (secondary N) is 1. The third-order valence-corrected chi connectivity index (χ3v) is 8.44. The number of aromatic nitrogens is 2. The highest BCUT2D eigenvalue weighted by Crippen LogP contribution is 2.43. The molecule has 3 heterocycles. The van der Waals surface area contributed by atoms with Crippen molar-refractivity contribution in [3.8, 4) is 0 Å².